The molecule has 0 saturated heterocycles. The molecule has 3 unspecified atom stereocenters. The highest BCUT2D eigenvalue weighted by atomic mass is 16.5. The van der Waals surface area contributed by atoms with E-state index in [0.29, 0.717) is 32.6 Å². The fourth-order valence-electron chi connectivity index (χ4n) is 3.37. The molecule has 0 amide bonds. The van der Waals surface area contributed by atoms with E-state index in [1.807, 2.05) is 6.92 Å². The molecule has 0 aromatic rings. The number of nitrogens with one attached hydrogen (secondary N) is 1. The topological polar surface area (TPSA) is 71.0 Å². The van der Waals surface area contributed by atoms with Crippen molar-refractivity contribution >= 4 is 5.97 Å². The van der Waals surface area contributed by atoms with E-state index >= 15 is 0 Å². The number of aliphatic carboxylic acids is 1. The van der Waals surface area contributed by atoms with E-state index in [1.54, 1.807) is 14.2 Å². The second-order valence-corrected chi connectivity index (χ2v) is 5.85. The summed E-state index contributed by atoms with van der Waals surface area (Å²) in [6.45, 7) is 6.83. The molecular formula is C15H30N2O4. The average Bonchev–Trinajstić information content (AvgIpc) is 2.85. The van der Waals surface area contributed by atoms with E-state index in [-0.39, 0.29) is 12.1 Å². The molecule has 6 nitrogen and oxygen atoms in total. The minimum absolute atomic E-state index is 0.250. The van der Waals surface area contributed by atoms with Gasteiger partial charge in [0.05, 0.1) is 13.2 Å². The molecule has 1 aliphatic rings. The smallest absolute Gasteiger partial charge is 0.323 e. The van der Waals surface area contributed by atoms with Gasteiger partial charge in [-0.3, -0.25) is 9.69 Å². The van der Waals surface area contributed by atoms with E-state index in [9.17, 15) is 9.90 Å². The normalized spacial score (nSPS) is 27.2. The summed E-state index contributed by atoms with van der Waals surface area (Å²) in [6.07, 6.45) is 2.19. The molecule has 0 spiro atoms. The number of carbonyl (C=O) groups is 1. The van der Waals surface area contributed by atoms with Crippen molar-refractivity contribution < 1.29 is 19.4 Å². The first-order valence-electron chi connectivity index (χ1n) is 7.72. The van der Waals surface area contributed by atoms with Crippen LogP contribution in [0.3, 0.4) is 0 Å². The Morgan fingerprint density at radius 1 is 1.48 bits per heavy atom. The summed E-state index contributed by atoms with van der Waals surface area (Å²) < 4.78 is 10.4. The highest BCUT2D eigenvalue weighted by Crippen LogP contribution is 2.34. The Bertz CT molecular complexity index is 327. The van der Waals surface area contributed by atoms with E-state index < -0.39 is 11.5 Å². The lowest BCUT2D eigenvalue weighted by Gasteiger charge is -2.35. The molecule has 0 aromatic heterocycles. The molecule has 21 heavy (non-hydrogen) atoms. The van der Waals surface area contributed by atoms with Crippen molar-refractivity contribution in [3.8, 4) is 0 Å². The minimum atomic E-state index is -0.780. The van der Waals surface area contributed by atoms with Gasteiger partial charge in [0.25, 0.3) is 0 Å². The lowest BCUT2D eigenvalue weighted by molar-refractivity contribution is -0.144. The Morgan fingerprint density at radius 2 is 2.19 bits per heavy atom. The molecule has 0 heterocycles. The van der Waals surface area contributed by atoms with E-state index in [4.69, 9.17) is 9.47 Å². The van der Waals surface area contributed by atoms with E-state index in [2.05, 4.69) is 17.1 Å². The van der Waals surface area contributed by atoms with Gasteiger partial charge in [0.1, 0.15) is 5.54 Å². The van der Waals surface area contributed by atoms with Crippen LogP contribution < -0.4 is 5.32 Å². The van der Waals surface area contributed by atoms with Crippen molar-refractivity contribution in [2.45, 2.75) is 50.7 Å². The van der Waals surface area contributed by atoms with Gasteiger partial charge in [-0.1, -0.05) is 6.92 Å². The number of likely N-dealkylation sites (N-methyl/N-ethyl adjacent to an activating group) is 1. The summed E-state index contributed by atoms with van der Waals surface area (Å²) in [6, 6.07) is 0.502. The number of hydrogen-bond donors (Lipinski definition) is 2. The third kappa shape index (κ3) is 4.64. The van der Waals surface area contributed by atoms with Gasteiger partial charge < -0.3 is 19.9 Å². The summed E-state index contributed by atoms with van der Waals surface area (Å²) >= 11 is 0. The molecule has 0 aromatic carbocycles. The Morgan fingerprint density at radius 3 is 2.71 bits per heavy atom. The molecule has 1 saturated carbocycles. The fourth-order valence-corrected chi connectivity index (χ4v) is 3.37. The van der Waals surface area contributed by atoms with Crippen LogP contribution in [-0.2, 0) is 14.3 Å². The van der Waals surface area contributed by atoms with Crippen LogP contribution in [0.1, 0.15) is 33.1 Å². The van der Waals surface area contributed by atoms with Crippen LogP contribution >= 0.6 is 0 Å². The summed E-state index contributed by atoms with van der Waals surface area (Å²) in [5, 5.41) is 12.8. The number of hydrogen-bond acceptors (Lipinski definition) is 5. The summed E-state index contributed by atoms with van der Waals surface area (Å²) in [5.41, 5.74) is -0.780. The van der Waals surface area contributed by atoms with Crippen LogP contribution in [0.15, 0.2) is 0 Å². The van der Waals surface area contributed by atoms with Gasteiger partial charge in [0.2, 0.25) is 0 Å². The van der Waals surface area contributed by atoms with Crippen molar-refractivity contribution in [2.75, 3.05) is 40.5 Å². The van der Waals surface area contributed by atoms with Crippen molar-refractivity contribution in [1.82, 2.24) is 10.2 Å². The maximum Gasteiger partial charge on any atom is 0.323 e. The second-order valence-electron chi connectivity index (χ2n) is 5.85. The molecule has 0 bridgehead atoms. The Balaban J connectivity index is 2.77. The highest BCUT2D eigenvalue weighted by molar-refractivity contribution is 5.79. The number of carboxylic acids is 1. The zero-order chi connectivity index (χ0) is 15.9. The van der Waals surface area contributed by atoms with Gasteiger partial charge in [-0.2, -0.15) is 0 Å². The zero-order valence-corrected chi connectivity index (χ0v) is 13.7. The molecule has 124 valence electrons. The molecule has 1 fully saturated rings. The SMILES string of the molecule is CCNC1(C(=O)O)CCC(N(CCOC)C(C)COC)C1. The predicted molar refractivity (Wildman–Crippen MR) is 81.6 cm³/mol. The minimum Gasteiger partial charge on any atom is -0.480 e. The predicted octanol–water partition coefficient (Wildman–Crippen LogP) is 0.955. The maximum atomic E-state index is 11.7. The first-order valence-corrected chi connectivity index (χ1v) is 7.72. The fraction of sp³-hybridized carbons (Fsp3) is 0.933. The van der Waals surface area contributed by atoms with Gasteiger partial charge >= 0.3 is 5.97 Å². The molecule has 1 rings (SSSR count). The number of rotatable bonds is 10. The first kappa shape index (κ1) is 18.4. The highest BCUT2D eigenvalue weighted by Gasteiger charge is 2.46. The molecular weight excluding hydrogens is 272 g/mol. The molecule has 3 atom stereocenters. The van der Waals surface area contributed by atoms with Crippen LogP contribution in [0.25, 0.3) is 0 Å². The Labute approximate surface area is 127 Å². The van der Waals surface area contributed by atoms with Crippen LogP contribution in [0.4, 0.5) is 0 Å². The third-order valence-electron chi connectivity index (χ3n) is 4.41. The van der Waals surface area contributed by atoms with Gasteiger partial charge in [-0.05, 0) is 32.7 Å². The Hall–Kier alpha value is -0.690. The summed E-state index contributed by atoms with van der Waals surface area (Å²) in [7, 11) is 3.38. The number of ether oxygens (including phenoxy) is 2. The van der Waals surface area contributed by atoms with Crippen molar-refractivity contribution in [1.29, 1.82) is 0 Å². The van der Waals surface area contributed by atoms with Crippen molar-refractivity contribution in [3.63, 3.8) is 0 Å². The second kappa shape index (κ2) is 8.68. The van der Waals surface area contributed by atoms with Crippen LogP contribution in [0, 0.1) is 0 Å². The summed E-state index contributed by atoms with van der Waals surface area (Å²) in [5.74, 6) is -0.738. The molecule has 1 aliphatic carbocycles. The van der Waals surface area contributed by atoms with Gasteiger partial charge in [-0.25, -0.2) is 0 Å². The van der Waals surface area contributed by atoms with Crippen molar-refractivity contribution in [2.24, 2.45) is 0 Å². The van der Waals surface area contributed by atoms with E-state index in [1.165, 1.54) is 0 Å². The zero-order valence-electron chi connectivity index (χ0n) is 13.7. The molecule has 6 heteroatoms. The van der Waals surface area contributed by atoms with Gasteiger partial charge in [-0.15, -0.1) is 0 Å². The van der Waals surface area contributed by atoms with Gasteiger partial charge in [0.15, 0.2) is 0 Å². The number of methoxy groups -OCH3 is 2. The third-order valence-corrected chi connectivity index (χ3v) is 4.41. The quantitative estimate of drug-likeness (QED) is 0.626. The standard InChI is InChI=1S/C15H30N2O4/c1-5-16-15(14(18)19)7-6-13(10-15)17(8-9-20-3)12(2)11-21-4/h12-13,16H,5-11H2,1-4H3,(H,18,19). The van der Waals surface area contributed by atoms with Gasteiger partial charge in [0, 0.05) is 32.8 Å². The molecule has 0 aliphatic heterocycles. The average molecular weight is 302 g/mol. The maximum absolute atomic E-state index is 11.7. The van der Waals surface area contributed by atoms with E-state index in [0.717, 1.165) is 13.0 Å². The summed E-state index contributed by atoms with van der Waals surface area (Å²) in [4.78, 5) is 14.0. The van der Waals surface area contributed by atoms with Crippen LogP contribution in [0.5, 0.6) is 0 Å². The lowest BCUT2D eigenvalue weighted by atomic mass is 9.97. The van der Waals surface area contributed by atoms with Crippen molar-refractivity contribution in [3.05, 3.63) is 0 Å². The monoisotopic (exact) mass is 302 g/mol. The largest absolute Gasteiger partial charge is 0.480 e. The molecule has 0 radical (unpaired) electrons. The van der Waals surface area contributed by atoms with Crippen LogP contribution in [-0.4, -0.2) is 74.1 Å². The van der Waals surface area contributed by atoms with Crippen LogP contribution in [0.2, 0.25) is 0 Å². The number of nitrogens with zero attached hydrogens (tertiary/aromatic N) is 1. The first-order chi connectivity index (χ1) is 10.0. The Kier molecular flexibility index (Phi) is 7.59. The number of carboxylic acid groups (broad SMARTS) is 1. The lowest BCUT2D eigenvalue weighted by Crippen LogP contribution is -2.52. The molecule has 2 N–H and O–H groups in total.